The van der Waals surface area contributed by atoms with Crippen molar-refractivity contribution in [1.29, 1.82) is 0 Å². The lowest BCUT2D eigenvalue weighted by Gasteiger charge is -2.28. The first-order valence-corrected chi connectivity index (χ1v) is 6.43. The van der Waals surface area contributed by atoms with Gasteiger partial charge in [-0.3, -0.25) is 4.68 Å². The molecule has 1 aromatic rings. The maximum Gasteiger partial charge on any atom is 0.328 e. The molecule has 6 heteroatoms. The van der Waals surface area contributed by atoms with E-state index in [0.29, 0.717) is 0 Å². The third kappa shape index (κ3) is 4.63. The third-order valence-electron chi connectivity index (χ3n) is 2.43. The Bertz CT molecular complexity index is 444. The van der Waals surface area contributed by atoms with Gasteiger partial charge in [0, 0.05) is 5.92 Å². The fourth-order valence-electron chi connectivity index (χ4n) is 1.45. The van der Waals surface area contributed by atoms with Gasteiger partial charge in [0.05, 0.1) is 6.54 Å². The van der Waals surface area contributed by atoms with E-state index in [9.17, 15) is 4.79 Å². The van der Waals surface area contributed by atoms with E-state index < -0.39 is 17.1 Å². The van der Waals surface area contributed by atoms with Gasteiger partial charge in [-0.05, 0) is 27.7 Å². The quantitative estimate of drug-likeness (QED) is 0.836. The molecule has 0 bridgehead atoms. The lowest BCUT2D eigenvalue weighted by Crippen LogP contribution is -2.51. The molecule has 2 N–H and O–H groups in total. The van der Waals surface area contributed by atoms with Crippen LogP contribution in [-0.4, -0.2) is 31.9 Å². The van der Waals surface area contributed by atoms with Gasteiger partial charge in [-0.15, -0.1) is 0 Å². The maximum absolute atomic E-state index is 12.0. The molecule has 0 aromatic carbocycles. The van der Waals surface area contributed by atoms with E-state index in [-0.39, 0.29) is 12.5 Å². The van der Waals surface area contributed by atoms with Crippen molar-refractivity contribution in [2.75, 3.05) is 0 Å². The Morgan fingerprint density at radius 3 is 2.42 bits per heavy atom. The van der Waals surface area contributed by atoms with Crippen molar-refractivity contribution in [2.24, 2.45) is 5.73 Å². The minimum Gasteiger partial charge on any atom is -0.459 e. The van der Waals surface area contributed by atoms with Gasteiger partial charge in [0.25, 0.3) is 0 Å². The number of hydrogen-bond acceptors (Lipinski definition) is 5. The van der Waals surface area contributed by atoms with Gasteiger partial charge in [-0.2, -0.15) is 5.10 Å². The molecule has 0 aliphatic rings. The van der Waals surface area contributed by atoms with Gasteiger partial charge in [0.15, 0.2) is 5.82 Å². The molecule has 0 fully saturated rings. The molecule has 1 atom stereocenters. The van der Waals surface area contributed by atoms with E-state index in [0.717, 1.165) is 5.82 Å². The molecule has 0 radical (unpaired) electrons. The summed E-state index contributed by atoms with van der Waals surface area (Å²) in [6, 6.07) is 0. The standard InChI is InChI=1S/C13H24N4O2/c1-9(2)10-15-8-17(16-10)7-13(6,14)11(18)19-12(3,4)5/h8-9H,7,14H2,1-6H3. The van der Waals surface area contributed by atoms with Crippen molar-refractivity contribution in [3.8, 4) is 0 Å². The summed E-state index contributed by atoms with van der Waals surface area (Å²) >= 11 is 0. The minimum absolute atomic E-state index is 0.238. The summed E-state index contributed by atoms with van der Waals surface area (Å²) in [5, 5.41) is 4.29. The molecule has 0 saturated heterocycles. The fourth-order valence-corrected chi connectivity index (χ4v) is 1.45. The Morgan fingerprint density at radius 2 is 2.00 bits per heavy atom. The number of nitrogens with two attached hydrogens (primary N) is 1. The number of nitrogens with zero attached hydrogens (tertiary/aromatic N) is 3. The van der Waals surface area contributed by atoms with Crippen LogP contribution < -0.4 is 5.73 Å². The van der Waals surface area contributed by atoms with Gasteiger partial charge in [-0.25, -0.2) is 9.78 Å². The Morgan fingerprint density at radius 1 is 1.42 bits per heavy atom. The first-order chi connectivity index (χ1) is 8.51. The number of carbonyl (C=O) groups excluding carboxylic acids is 1. The maximum atomic E-state index is 12.0. The third-order valence-corrected chi connectivity index (χ3v) is 2.43. The van der Waals surface area contributed by atoms with Crippen LogP contribution in [0.5, 0.6) is 0 Å². The summed E-state index contributed by atoms with van der Waals surface area (Å²) in [4.78, 5) is 16.2. The fraction of sp³-hybridized carbons (Fsp3) is 0.769. The average molecular weight is 268 g/mol. The number of aromatic nitrogens is 3. The highest BCUT2D eigenvalue weighted by Crippen LogP contribution is 2.15. The molecular formula is C13H24N4O2. The van der Waals surface area contributed by atoms with E-state index in [2.05, 4.69) is 10.1 Å². The Labute approximate surface area is 114 Å². The minimum atomic E-state index is -1.13. The van der Waals surface area contributed by atoms with Crippen LogP contribution in [-0.2, 0) is 16.1 Å². The largest absolute Gasteiger partial charge is 0.459 e. The number of carbonyl (C=O) groups is 1. The number of hydrogen-bond donors (Lipinski definition) is 1. The Kier molecular flexibility index (Phi) is 4.35. The van der Waals surface area contributed by atoms with Crippen LogP contribution in [0.3, 0.4) is 0 Å². The molecule has 0 aliphatic heterocycles. The number of ether oxygens (including phenoxy) is 1. The topological polar surface area (TPSA) is 83.0 Å². The summed E-state index contributed by atoms with van der Waals surface area (Å²) < 4.78 is 6.89. The predicted octanol–water partition coefficient (Wildman–Crippen LogP) is 1.46. The van der Waals surface area contributed by atoms with Gasteiger partial charge in [0.1, 0.15) is 17.5 Å². The number of rotatable bonds is 4. The van der Waals surface area contributed by atoms with E-state index in [1.54, 1.807) is 17.9 Å². The molecule has 1 unspecified atom stereocenters. The van der Waals surface area contributed by atoms with Crippen LogP contribution in [0.25, 0.3) is 0 Å². The summed E-state index contributed by atoms with van der Waals surface area (Å²) in [5.41, 5.74) is 4.34. The van der Waals surface area contributed by atoms with Gasteiger partial charge in [-0.1, -0.05) is 13.8 Å². The highest BCUT2D eigenvalue weighted by molar-refractivity contribution is 5.80. The Hall–Kier alpha value is -1.43. The van der Waals surface area contributed by atoms with Crippen LogP contribution in [0, 0.1) is 0 Å². The van der Waals surface area contributed by atoms with E-state index >= 15 is 0 Å². The van der Waals surface area contributed by atoms with Crippen molar-refractivity contribution in [1.82, 2.24) is 14.8 Å². The van der Waals surface area contributed by atoms with E-state index in [4.69, 9.17) is 10.5 Å². The van der Waals surface area contributed by atoms with Gasteiger partial charge >= 0.3 is 5.97 Å². The number of esters is 1. The van der Waals surface area contributed by atoms with Crippen molar-refractivity contribution < 1.29 is 9.53 Å². The average Bonchev–Trinajstić information content (AvgIpc) is 2.62. The monoisotopic (exact) mass is 268 g/mol. The summed E-state index contributed by atoms with van der Waals surface area (Å²) in [6.07, 6.45) is 1.59. The normalized spacial score (nSPS) is 15.4. The van der Waals surface area contributed by atoms with Crippen molar-refractivity contribution in [3.05, 3.63) is 12.2 Å². The lowest BCUT2D eigenvalue weighted by atomic mass is 10.0. The van der Waals surface area contributed by atoms with E-state index in [1.807, 2.05) is 34.6 Å². The van der Waals surface area contributed by atoms with Crippen molar-refractivity contribution >= 4 is 5.97 Å². The highest BCUT2D eigenvalue weighted by atomic mass is 16.6. The first kappa shape index (κ1) is 15.6. The zero-order chi connectivity index (χ0) is 14.8. The molecule has 1 heterocycles. The lowest BCUT2D eigenvalue weighted by molar-refractivity contribution is -0.161. The second-order valence-electron chi connectivity index (χ2n) is 6.37. The summed E-state index contributed by atoms with van der Waals surface area (Å²) in [7, 11) is 0. The first-order valence-electron chi connectivity index (χ1n) is 6.43. The molecule has 0 aliphatic carbocycles. The SMILES string of the molecule is CC(C)c1ncn(CC(C)(N)C(=O)OC(C)(C)C)n1. The van der Waals surface area contributed by atoms with Crippen molar-refractivity contribution in [3.63, 3.8) is 0 Å². The second kappa shape index (κ2) is 5.28. The molecule has 0 saturated carbocycles. The van der Waals surface area contributed by atoms with Crippen LogP contribution in [0.1, 0.15) is 53.3 Å². The molecule has 0 spiro atoms. The molecule has 1 aromatic heterocycles. The smallest absolute Gasteiger partial charge is 0.328 e. The molecule has 0 amide bonds. The molecule has 108 valence electrons. The summed E-state index contributed by atoms with van der Waals surface area (Å²) in [5.74, 6) is 0.536. The van der Waals surface area contributed by atoms with Crippen molar-refractivity contribution in [2.45, 2.75) is 65.1 Å². The van der Waals surface area contributed by atoms with Crippen LogP contribution in [0.15, 0.2) is 6.33 Å². The molecular weight excluding hydrogens is 244 g/mol. The zero-order valence-electron chi connectivity index (χ0n) is 12.6. The molecule has 6 nitrogen and oxygen atoms in total. The van der Waals surface area contributed by atoms with Crippen LogP contribution in [0.4, 0.5) is 0 Å². The Balaban J connectivity index is 2.75. The van der Waals surface area contributed by atoms with Crippen LogP contribution in [0.2, 0.25) is 0 Å². The zero-order valence-corrected chi connectivity index (χ0v) is 12.6. The van der Waals surface area contributed by atoms with Gasteiger partial charge < -0.3 is 10.5 Å². The second-order valence-corrected chi connectivity index (χ2v) is 6.37. The highest BCUT2D eigenvalue weighted by Gasteiger charge is 2.34. The molecule has 1 rings (SSSR count). The van der Waals surface area contributed by atoms with E-state index in [1.165, 1.54) is 0 Å². The molecule has 19 heavy (non-hydrogen) atoms. The summed E-state index contributed by atoms with van der Waals surface area (Å²) in [6.45, 7) is 11.3. The van der Waals surface area contributed by atoms with Crippen LogP contribution >= 0.6 is 0 Å². The predicted molar refractivity (Wildman–Crippen MR) is 72.5 cm³/mol. The van der Waals surface area contributed by atoms with Gasteiger partial charge in [0.2, 0.25) is 0 Å².